The standard InChI is InChI=1S/C58H104O6P2/c1-14-19-23-27-31-35-40-59-65(60-41-36-32-28-24-20-15-2)63-55-44-48(6)51(46-53(55)57(8,9)10)50(39-18-5)52-47-54(58(11,12)13)56(45-49(52)7)64-66(61-42-37-33-29-25-21-16-3)62-43-38-34-30-26-22-17-4/h44-47,50H,14-43H2,1-13H3. The highest BCUT2D eigenvalue weighted by Crippen LogP contribution is 2.49. The normalized spacial score (nSPS) is 12.4. The van der Waals surface area contributed by atoms with Gasteiger partial charge in [0.25, 0.3) is 0 Å². The lowest BCUT2D eigenvalue weighted by molar-refractivity contribution is 0.197. The van der Waals surface area contributed by atoms with E-state index in [9.17, 15) is 0 Å². The molecule has 0 amide bonds. The first-order valence-electron chi connectivity index (χ1n) is 27.5. The summed E-state index contributed by atoms with van der Waals surface area (Å²) in [7, 11) is -3.06. The zero-order valence-corrected chi connectivity index (χ0v) is 47.2. The monoisotopic (exact) mass is 959 g/mol. The maximum Gasteiger partial charge on any atom is 0.397 e. The molecular formula is C58H104O6P2. The molecule has 0 N–H and O–H groups in total. The van der Waals surface area contributed by atoms with Crippen molar-refractivity contribution in [2.45, 2.75) is 274 Å². The first-order valence-corrected chi connectivity index (χ1v) is 29.7. The molecule has 0 unspecified atom stereocenters. The number of aryl methyl sites for hydroxylation is 2. The van der Waals surface area contributed by atoms with E-state index in [1.807, 2.05) is 0 Å². The maximum absolute atomic E-state index is 6.88. The molecular weight excluding hydrogens is 855 g/mol. The third kappa shape index (κ3) is 25.0. The van der Waals surface area contributed by atoms with Crippen molar-refractivity contribution >= 4 is 17.2 Å². The molecule has 0 saturated heterocycles. The topological polar surface area (TPSA) is 55.4 Å². The predicted octanol–water partition coefficient (Wildman–Crippen LogP) is 20.6. The van der Waals surface area contributed by atoms with E-state index in [1.54, 1.807) is 0 Å². The number of benzene rings is 2. The van der Waals surface area contributed by atoms with Crippen LogP contribution < -0.4 is 9.05 Å². The molecule has 6 nitrogen and oxygen atoms in total. The highest BCUT2D eigenvalue weighted by Gasteiger charge is 2.30. The molecule has 0 spiro atoms. The summed E-state index contributed by atoms with van der Waals surface area (Å²) in [6, 6.07) is 9.46. The Bertz CT molecular complexity index is 1370. The highest BCUT2D eigenvalue weighted by atomic mass is 31.2. The Labute approximate surface area is 411 Å². The summed E-state index contributed by atoms with van der Waals surface area (Å²) in [6.07, 6.45) is 31.5. The minimum Gasteiger partial charge on any atom is -0.426 e. The Morgan fingerprint density at radius 2 is 0.652 bits per heavy atom. The van der Waals surface area contributed by atoms with Gasteiger partial charge in [-0.2, -0.15) is 0 Å². The second-order valence-corrected chi connectivity index (χ2v) is 23.6. The minimum atomic E-state index is -1.53. The first kappa shape index (κ1) is 60.9. The van der Waals surface area contributed by atoms with Gasteiger partial charge in [-0.15, -0.1) is 0 Å². The van der Waals surface area contributed by atoms with E-state index in [-0.39, 0.29) is 16.7 Å². The van der Waals surface area contributed by atoms with Crippen LogP contribution in [0.5, 0.6) is 11.5 Å². The van der Waals surface area contributed by atoms with Crippen LogP contribution in [-0.4, -0.2) is 26.4 Å². The molecule has 2 rings (SSSR count). The van der Waals surface area contributed by atoms with Crippen molar-refractivity contribution in [3.8, 4) is 11.5 Å². The summed E-state index contributed by atoms with van der Waals surface area (Å²) in [4.78, 5) is 0. The molecule has 2 aromatic rings. The van der Waals surface area contributed by atoms with E-state index in [1.165, 1.54) is 162 Å². The fourth-order valence-electron chi connectivity index (χ4n) is 8.66. The number of hydrogen-bond donors (Lipinski definition) is 0. The Hall–Kier alpha value is -1.26. The van der Waals surface area contributed by atoms with Crippen LogP contribution in [0.25, 0.3) is 0 Å². The molecule has 0 fully saturated rings. The van der Waals surface area contributed by atoms with Crippen LogP contribution in [0.15, 0.2) is 24.3 Å². The van der Waals surface area contributed by atoms with Crippen LogP contribution in [0.4, 0.5) is 0 Å². The van der Waals surface area contributed by atoms with E-state index in [0.29, 0.717) is 26.4 Å². The Balaban J connectivity index is 2.49. The van der Waals surface area contributed by atoms with Crippen LogP contribution >= 0.6 is 17.2 Å². The molecule has 0 aromatic heterocycles. The van der Waals surface area contributed by atoms with Crippen LogP contribution in [0.3, 0.4) is 0 Å². The second kappa shape index (κ2) is 35.8. The molecule has 0 bridgehead atoms. The number of unbranched alkanes of at least 4 members (excludes halogenated alkanes) is 20. The van der Waals surface area contributed by atoms with Crippen molar-refractivity contribution in [2.75, 3.05) is 26.4 Å². The summed E-state index contributed by atoms with van der Waals surface area (Å²) in [6.45, 7) is 32.4. The summed E-state index contributed by atoms with van der Waals surface area (Å²) in [5.74, 6) is 1.99. The zero-order chi connectivity index (χ0) is 48.6. The summed E-state index contributed by atoms with van der Waals surface area (Å²) < 4.78 is 39.6. The quantitative estimate of drug-likeness (QED) is 0.0490. The summed E-state index contributed by atoms with van der Waals surface area (Å²) in [5, 5.41) is 0. The molecule has 0 heterocycles. The molecule has 0 saturated carbocycles. The van der Waals surface area contributed by atoms with E-state index >= 15 is 0 Å². The minimum absolute atomic E-state index is 0.153. The van der Waals surface area contributed by atoms with Crippen LogP contribution in [-0.2, 0) is 28.9 Å². The molecule has 0 radical (unpaired) electrons. The average molecular weight is 959 g/mol. The molecule has 382 valence electrons. The molecule has 0 aliphatic carbocycles. The third-order valence-corrected chi connectivity index (χ3v) is 15.1. The first-order chi connectivity index (χ1) is 31.7. The van der Waals surface area contributed by atoms with Gasteiger partial charge in [0, 0.05) is 17.0 Å². The average Bonchev–Trinajstić information content (AvgIpc) is 3.26. The van der Waals surface area contributed by atoms with Gasteiger partial charge in [0.1, 0.15) is 11.5 Å². The second-order valence-electron chi connectivity index (χ2n) is 21.3. The van der Waals surface area contributed by atoms with E-state index in [0.717, 1.165) is 50.0 Å². The number of rotatable bonds is 40. The van der Waals surface area contributed by atoms with Gasteiger partial charge < -0.3 is 27.1 Å². The van der Waals surface area contributed by atoms with Gasteiger partial charge in [-0.1, -0.05) is 223 Å². The lowest BCUT2D eigenvalue weighted by atomic mass is 9.76. The Morgan fingerprint density at radius 1 is 0.379 bits per heavy atom. The lowest BCUT2D eigenvalue weighted by Crippen LogP contribution is -2.17. The summed E-state index contributed by atoms with van der Waals surface area (Å²) >= 11 is 0. The fourth-order valence-corrected chi connectivity index (χ4v) is 10.8. The largest absolute Gasteiger partial charge is 0.426 e. The van der Waals surface area contributed by atoms with Gasteiger partial charge in [0.05, 0.1) is 26.4 Å². The lowest BCUT2D eigenvalue weighted by Gasteiger charge is -2.31. The molecule has 0 atom stereocenters. The fraction of sp³-hybridized carbons (Fsp3) is 0.793. The molecule has 2 aromatic carbocycles. The van der Waals surface area contributed by atoms with Crippen LogP contribution in [0, 0.1) is 13.8 Å². The van der Waals surface area contributed by atoms with Crippen molar-refractivity contribution in [2.24, 2.45) is 0 Å². The van der Waals surface area contributed by atoms with Gasteiger partial charge in [0.15, 0.2) is 0 Å². The SMILES string of the molecule is CCCCCCCCOP(OCCCCCCCC)Oc1cc(C)c(C(CCC)c2cc(C(C)(C)C)c(OP(OCCCCCCCC)OCCCCCCCC)cc2C)cc1C(C)(C)C. The predicted molar refractivity (Wildman–Crippen MR) is 289 cm³/mol. The van der Waals surface area contributed by atoms with Crippen molar-refractivity contribution in [1.82, 2.24) is 0 Å². The molecule has 0 aliphatic rings. The number of hydrogen-bond acceptors (Lipinski definition) is 6. The molecule has 0 aliphatic heterocycles. The van der Waals surface area contributed by atoms with Crippen LogP contribution in [0.1, 0.15) is 282 Å². The molecule has 8 heteroatoms. The highest BCUT2D eigenvalue weighted by molar-refractivity contribution is 7.42. The van der Waals surface area contributed by atoms with Crippen LogP contribution in [0.2, 0.25) is 0 Å². The van der Waals surface area contributed by atoms with Crippen molar-refractivity contribution in [3.05, 3.63) is 57.6 Å². The van der Waals surface area contributed by atoms with Crippen molar-refractivity contribution < 1.29 is 27.1 Å². The third-order valence-electron chi connectivity index (χ3n) is 12.8. The Morgan fingerprint density at radius 3 is 0.909 bits per heavy atom. The van der Waals surface area contributed by atoms with Crippen molar-refractivity contribution in [1.29, 1.82) is 0 Å². The van der Waals surface area contributed by atoms with Gasteiger partial charge in [-0.25, -0.2) is 0 Å². The van der Waals surface area contributed by atoms with E-state index in [4.69, 9.17) is 27.1 Å². The molecule has 66 heavy (non-hydrogen) atoms. The van der Waals surface area contributed by atoms with Gasteiger partial charge in [0.2, 0.25) is 0 Å². The van der Waals surface area contributed by atoms with Gasteiger partial charge in [-0.3, -0.25) is 0 Å². The smallest absolute Gasteiger partial charge is 0.397 e. The summed E-state index contributed by atoms with van der Waals surface area (Å²) in [5.41, 5.74) is 7.31. The Kier molecular flexibility index (Phi) is 33.0. The maximum atomic E-state index is 6.88. The van der Waals surface area contributed by atoms with E-state index in [2.05, 4.69) is 114 Å². The van der Waals surface area contributed by atoms with Gasteiger partial charge in [-0.05, 0) is 91.2 Å². The zero-order valence-electron chi connectivity index (χ0n) is 45.4. The van der Waals surface area contributed by atoms with Crippen molar-refractivity contribution in [3.63, 3.8) is 0 Å². The van der Waals surface area contributed by atoms with Gasteiger partial charge >= 0.3 is 17.2 Å². The van der Waals surface area contributed by atoms with E-state index < -0.39 is 17.2 Å².